The second-order valence-electron chi connectivity index (χ2n) is 12.6. The van der Waals surface area contributed by atoms with Gasteiger partial charge in [-0.25, -0.2) is 4.79 Å². The van der Waals surface area contributed by atoms with E-state index in [9.17, 15) is 19.2 Å². The number of thiophene rings is 1. The van der Waals surface area contributed by atoms with Gasteiger partial charge in [-0.3, -0.25) is 14.4 Å². The van der Waals surface area contributed by atoms with Crippen LogP contribution >= 0.6 is 23.1 Å². The Morgan fingerprint density at radius 3 is 2.35 bits per heavy atom. The predicted octanol–water partition coefficient (Wildman–Crippen LogP) is 8.35. The molecular formula is C43H41N3O7S2. The van der Waals surface area contributed by atoms with Gasteiger partial charge in [0.2, 0.25) is 5.91 Å². The lowest BCUT2D eigenvalue weighted by molar-refractivity contribution is -0.114. The molecule has 1 unspecified atom stereocenters. The first-order chi connectivity index (χ1) is 26.8. The van der Waals surface area contributed by atoms with Gasteiger partial charge in [-0.2, -0.15) is 0 Å². The van der Waals surface area contributed by atoms with E-state index in [0.29, 0.717) is 44.8 Å². The summed E-state index contributed by atoms with van der Waals surface area (Å²) < 4.78 is 16.4. The third kappa shape index (κ3) is 9.64. The zero-order valence-corrected chi connectivity index (χ0v) is 32.3. The molecule has 1 heterocycles. The average Bonchev–Trinajstić information content (AvgIpc) is 3.57. The first-order valence-corrected chi connectivity index (χ1v) is 19.6. The highest BCUT2D eigenvalue weighted by molar-refractivity contribution is 8.00. The van der Waals surface area contributed by atoms with Crippen LogP contribution in [0.2, 0.25) is 0 Å². The lowest BCUT2D eigenvalue weighted by Crippen LogP contribution is -2.30. The number of ether oxygens (including phenoxy) is 3. The summed E-state index contributed by atoms with van der Waals surface area (Å²) in [6.07, 6.45) is 3.94. The monoisotopic (exact) mass is 775 g/mol. The third-order valence-electron chi connectivity index (χ3n) is 8.99. The van der Waals surface area contributed by atoms with E-state index in [1.54, 1.807) is 73.7 Å². The second kappa shape index (κ2) is 18.5. The van der Waals surface area contributed by atoms with Crippen molar-refractivity contribution in [2.75, 3.05) is 37.2 Å². The molecule has 1 aliphatic rings. The average molecular weight is 776 g/mol. The summed E-state index contributed by atoms with van der Waals surface area (Å²) in [7, 11) is 3.01. The number of carbonyl (C=O) groups excluding carboxylic acids is 4. The van der Waals surface area contributed by atoms with E-state index in [0.717, 1.165) is 34.6 Å². The molecule has 5 aromatic rings. The van der Waals surface area contributed by atoms with Crippen LogP contribution in [0, 0.1) is 0 Å². The quantitative estimate of drug-likeness (QED) is 0.0583. The van der Waals surface area contributed by atoms with Crippen molar-refractivity contribution in [2.24, 2.45) is 0 Å². The van der Waals surface area contributed by atoms with Gasteiger partial charge in [0, 0.05) is 26.6 Å². The molecule has 4 aromatic carbocycles. The number of carbonyl (C=O) groups is 4. The molecule has 0 spiro atoms. The van der Waals surface area contributed by atoms with Crippen LogP contribution in [0.25, 0.3) is 6.08 Å². The van der Waals surface area contributed by atoms with Crippen LogP contribution in [0.4, 0.5) is 10.7 Å². The van der Waals surface area contributed by atoms with Crippen LogP contribution in [0.1, 0.15) is 61.5 Å². The standard InChI is InChI=1S/C43H41N3O7S2/c1-4-53-43(50)38-33-22-21-29(27-13-7-5-8-14-27)24-36(33)55-42(38)46-37(47)26-54-32-19-12-18-31(25-32)44-41(49)34(45-40(48)28-15-9-6-10-16-28)23-30-17-11-20-35(51-2)39(30)52-3/h5-20,23,25,29H,4,21-22,24,26H2,1-3H3,(H,44,49)(H,45,48)(H,46,47)/b34-23+. The van der Waals surface area contributed by atoms with Crippen molar-refractivity contribution in [1.29, 1.82) is 0 Å². The van der Waals surface area contributed by atoms with Gasteiger partial charge in [0.05, 0.1) is 32.1 Å². The Kier molecular flexibility index (Phi) is 13.0. The Morgan fingerprint density at radius 2 is 1.62 bits per heavy atom. The van der Waals surface area contributed by atoms with Gasteiger partial charge >= 0.3 is 5.97 Å². The molecule has 3 amide bonds. The molecule has 1 atom stereocenters. The zero-order chi connectivity index (χ0) is 38.7. The van der Waals surface area contributed by atoms with Gasteiger partial charge in [-0.1, -0.05) is 66.7 Å². The SMILES string of the molecule is CCOC(=O)c1c(NC(=O)CSc2cccc(NC(=O)/C(=C\c3cccc(OC)c3OC)NC(=O)c3ccccc3)c2)sc2c1CCC(c1ccccc1)C2. The van der Waals surface area contributed by atoms with Crippen LogP contribution in [-0.2, 0) is 27.2 Å². The molecule has 3 N–H and O–H groups in total. The summed E-state index contributed by atoms with van der Waals surface area (Å²) in [5.74, 6) is -0.480. The number of para-hydroxylation sites is 1. The summed E-state index contributed by atoms with van der Waals surface area (Å²) >= 11 is 2.73. The minimum Gasteiger partial charge on any atom is -0.493 e. The van der Waals surface area contributed by atoms with Gasteiger partial charge in [0.25, 0.3) is 11.8 Å². The molecule has 0 bridgehead atoms. The molecule has 0 saturated carbocycles. The van der Waals surface area contributed by atoms with Crippen LogP contribution in [0.3, 0.4) is 0 Å². The van der Waals surface area contributed by atoms with Crippen LogP contribution in [-0.4, -0.2) is 50.3 Å². The number of nitrogens with one attached hydrogen (secondary N) is 3. The number of benzene rings is 4. The number of hydrogen-bond acceptors (Lipinski definition) is 9. The first kappa shape index (κ1) is 38.9. The Labute approximate surface area is 328 Å². The maximum atomic E-state index is 13.8. The van der Waals surface area contributed by atoms with Crippen molar-refractivity contribution < 1.29 is 33.4 Å². The second-order valence-corrected chi connectivity index (χ2v) is 14.7. The molecule has 0 fully saturated rings. The zero-order valence-electron chi connectivity index (χ0n) is 30.7. The summed E-state index contributed by atoms with van der Waals surface area (Å²) in [5.41, 5.74) is 4.00. The van der Waals surface area contributed by atoms with Crippen LogP contribution < -0.4 is 25.4 Å². The molecular weight excluding hydrogens is 735 g/mol. The first-order valence-electron chi connectivity index (χ1n) is 17.8. The molecule has 282 valence electrons. The third-order valence-corrected chi connectivity index (χ3v) is 11.2. The van der Waals surface area contributed by atoms with Gasteiger partial charge in [0.15, 0.2) is 11.5 Å². The van der Waals surface area contributed by atoms with E-state index in [1.165, 1.54) is 49.0 Å². The fourth-order valence-electron chi connectivity index (χ4n) is 6.40. The van der Waals surface area contributed by atoms with E-state index in [4.69, 9.17) is 14.2 Å². The van der Waals surface area contributed by atoms with Crippen molar-refractivity contribution in [3.63, 3.8) is 0 Å². The molecule has 0 aliphatic heterocycles. The maximum Gasteiger partial charge on any atom is 0.341 e. The number of anilines is 2. The van der Waals surface area contributed by atoms with E-state index in [-0.39, 0.29) is 24.0 Å². The molecule has 0 saturated heterocycles. The van der Waals surface area contributed by atoms with E-state index < -0.39 is 17.8 Å². The topological polar surface area (TPSA) is 132 Å². The molecule has 0 radical (unpaired) electrons. The van der Waals surface area contributed by atoms with Crippen LogP contribution in [0.5, 0.6) is 11.5 Å². The molecule has 10 nitrogen and oxygen atoms in total. The molecule has 1 aromatic heterocycles. The highest BCUT2D eigenvalue weighted by atomic mass is 32.2. The maximum absolute atomic E-state index is 13.8. The van der Waals surface area contributed by atoms with Crippen molar-refractivity contribution in [2.45, 2.75) is 37.0 Å². The van der Waals surface area contributed by atoms with Gasteiger partial charge in [0.1, 0.15) is 10.7 Å². The van der Waals surface area contributed by atoms with Crippen molar-refractivity contribution in [3.8, 4) is 11.5 Å². The Bertz CT molecular complexity index is 2200. The lowest BCUT2D eigenvalue weighted by atomic mass is 9.83. The highest BCUT2D eigenvalue weighted by Crippen LogP contribution is 2.43. The van der Waals surface area contributed by atoms with Crippen molar-refractivity contribution >= 4 is 63.6 Å². The van der Waals surface area contributed by atoms with Crippen molar-refractivity contribution in [1.82, 2.24) is 5.32 Å². The number of methoxy groups -OCH3 is 2. The minimum absolute atomic E-state index is 0.0241. The lowest BCUT2D eigenvalue weighted by Gasteiger charge is -2.23. The fraction of sp³-hybridized carbons (Fsp3) is 0.209. The minimum atomic E-state index is -0.572. The highest BCUT2D eigenvalue weighted by Gasteiger charge is 2.31. The number of rotatable bonds is 14. The molecule has 12 heteroatoms. The Balaban J connectivity index is 1.16. The van der Waals surface area contributed by atoms with E-state index in [2.05, 4.69) is 28.1 Å². The summed E-state index contributed by atoms with van der Waals surface area (Å²) in [6, 6.07) is 31.2. The number of esters is 1. The summed E-state index contributed by atoms with van der Waals surface area (Å²) in [6.45, 7) is 2.00. The fourth-order valence-corrected chi connectivity index (χ4v) is 8.49. The normalized spacial score (nSPS) is 13.6. The number of fused-ring (bicyclic) bond motifs is 1. The number of hydrogen-bond donors (Lipinski definition) is 3. The van der Waals surface area contributed by atoms with Gasteiger partial charge in [-0.05, 0) is 85.7 Å². The van der Waals surface area contributed by atoms with Crippen molar-refractivity contribution in [3.05, 3.63) is 142 Å². The molecule has 6 rings (SSSR count). The van der Waals surface area contributed by atoms with Gasteiger partial charge < -0.3 is 30.2 Å². The Morgan fingerprint density at radius 1 is 0.873 bits per heavy atom. The molecule has 55 heavy (non-hydrogen) atoms. The van der Waals surface area contributed by atoms with E-state index >= 15 is 0 Å². The molecule has 1 aliphatic carbocycles. The van der Waals surface area contributed by atoms with E-state index in [1.807, 2.05) is 24.3 Å². The number of thioether (sulfide) groups is 1. The van der Waals surface area contributed by atoms with Gasteiger partial charge in [-0.15, -0.1) is 23.1 Å². The Hall–Kier alpha value is -5.85. The largest absolute Gasteiger partial charge is 0.493 e. The van der Waals surface area contributed by atoms with Crippen LogP contribution in [0.15, 0.2) is 114 Å². The predicted molar refractivity (Wildman–Crippen MR) is 217 cm³/mol. The smallest absolute Gasteiger partial charge is 0.341 e. The summed E-state index contributed by atoms with van der Waals surface area (Å²) in [5, 5.41) is 9.11. The number of amides is 3. The summed E-state index contributed by atoms with van der Waals surface area (Å²) in [4.78, 5) is 55.2.